The summed E-state index contributed by atoms with van der Waals surface area (Å²) < 4.78 is 46.5. The van der Waals surface area contributed by atoms with E-state index < -0.39 is 50.4 Å². The van der Waals surface area contributed by atoms with Crippen LogP contribution in [0.15, 0.2) is 76.6 Å². The van der Waals surface area contributed by atoms with E-state index in [9.17, 15) is 37.7 Å². The zero-order valence-corrected chi connectivity index (χ0v) is 23.7. The molecule has 220 valence electrons. The number of benzene rings is 3. The first-order chi connectivity index (χ1) is 20.4. The van der Waals surface area contributed by atoms with Crippen molar-refractivity contribution in [1.82, 2.24) is 4.98 Å². The van der Waals surface area contributed by atoms with Crippen molar-refractivity contribution >= 4 is 46.3 Å². The van der Waals surface area contributed by atoms with Crippen LogP contribution in [0.2, 0.25) is 0 Å². The molecule has 2 unspecified atom stereocenters. The Morgan fingerprint density at radius 2 is 1.77 bits per heavy atom. The number of aryl methyl sites for hydroxylation is 1. The third-order valence-electron chi connectivity index (χ3n) is 7.31. The molecule has 0 spiro atoms. The number of imide groups is 1. The van der Waals surface area contributed by atoms with Crippen molar-refractivity contribution in [1.29, 1.82) is 0 Å². The van der Waals surface area contributed by atoms with E-state index in [-0.39, 0.29) is 29.3 Å². The van der Waals surface area contributed by atoms with Crippen molar-refractivity contribution in [3.8, 4) is 5.75 Å². The number of anilines is 1. The van der Waals surface area contributed by atoms with Gasteiger partial charge in [0.25, 0.3) is 5.69 Å². The smallest absolute Gasteiger partial charge is 0.416 e. The molecule has 3 atom stereocenters. The second-order valence-corrected chi connectivity index (χ2v) is 12.2. The van der Waals surface area contributed by atoms with Gasteiger partial charge in [-0.05, 0) is 36.8 Å². The van der Waals surface area contributed by atoms with Crippen molar-refractivity contribution in [2.45, 2.75) is 35.9 Å². The minimum Gasteiger partial charge on any atom is -0.489 e. The molecule has 0 saturated carbocycles. The Morgan fingerprint density at radius 1 is 1.02 bits per heavy atom. The SMILES string of the molecule is Cc1ccc(COc2ccc([N+](=O)[O-])cc2[C@H]2c3sc(=O)[nH]c3SC3C(=O)N(c4cccc(C(F)(F)F)c4)C(=O)C32)cc1. The van der Waals surface area contributed by atoms with Crippen LogP contribution in [-0.4, -0.2) is 27.0 Å². The topological polar surface area (TPSA) is 123 Å². The third kappa shape index (κ3) is 5.20. The number of nitro groups is 1. The molecule has 2 aliphatic heterocycles. The predicted octanol–water partition coefficient (Wildman–Crippen LogP) is 6.05. The summed E-state index contributed by atoms with van der Waals surface area (Å²) in [6, 6.07) is 15.3. The van der Waals surface area contributed by atoms with Gasteiger partial charge < -0.3 is 9.72 Å². The number of hydrogen-bond donors (Lipinski definition) is 1. The summed E-state index contributed by atoms with van der Waals surface area (Å²) in [6.45, 7) is 2.01. The number of carbonyl (C=O) groups excluding carboxylic acids is 2. The number of thiazole rings is 1. The Kier molecular flexibility index (Phi) is 7.13. The molecule has 2 aliphatic rings. The monoisotopic (exact) mass is 627 g/mol. The molecule has 3 aromatic carbocycles. The van der Waals surface area contributed by atoms with Gasteiger partial charge in [-0.25, -0.2) is 4.90 Å². The lowest BCUT2D eigenvalue weighted by molar-refractivity contribution is -0.385. The molecule has 1 saturated heterocycles. The molecular formula is C29H20F3N3O6S2. The van der Waals surface area contributed by atoms with E-state index in [0.29, 0.717) is 9.90 Å². The zero-order chi connectivity index (χ0) is 30.6. The van der Waals surface area contributed by atoms with E-state index in [1.54, 1.807) is 0 Å². The Morgan fingerprint density at radius 3 is 2.47 bits per heavy atom. The number of aromatic nitrogens is 1. The predicted molar refractivity (Wildman–Crippen MR) is 152 cm³/mol. The number of nitro benzene ring substituents is 1. The largest absolute Gasteiger partial charge is 0.489 e. The van der Waals surface area contributed by atoms with Gasteiger partial charge >= 0.3 is 11.0 Å². The Balaban J connectivity index is 1.47. The molecule has 2 amide bonds. The van der Waals surface area contributed by atoms with Crippen LogP contribution in [-0.2, 0) is 22.4 Å². The molecule has 3 heterocycles. The summed E-state index contributed by atoms with van der Waals surface area (Å²) in [4.78, 5) is 54.6. The van der Waals surface area contributed by atoms with Crippen LogP contribution in [0.25, 0.3) is 0 Å². The number of rotatable bonds is 6. The number of aromatic amines is 1. The number of halogens is 3. The van der Waals surface area contributed by atoms with Crippen LogP contribution in [0.5, 0.6) is 5.75 Å². The maximum atomic E-state index is 14.0. The van der Waals surface area contributed by atoms with Crippen LogP contribution < -0.4 is 14.5 Å². The van der Waals surface area contributed by atoms with Gasteiger partial charge in [0.05, 0.1) is 27.1 Å². The van der Waals surface area contributed by atoms with Crippen molar-refractivity contribution in [2.75, 3.05) is 4.90 Å². The number of fused-ring (bicyclic) bond motifs is 2. The molecule has 0 radical (unpaired) electrons. The fourth-order valence-electron chi connectivity index (χ4n) is 5.30. The maximum absolute atomic E-state index is 14.0. The average Bonchev–Trinajstić information content (AvgIpc) is 3.46. The first-order valence-corrected chi connectivity index (χ1v) is 14.5. The van der Waals surface area contributed by atoms with E-state index in [1.165, 1.54) is 24.3 Å². The van der Waals surface area contributed by atoms with Crippen LogP contribution >= 0.6 is 23.1 Å². The number of nitrogens with zero attached hydrogens (tertiary/aromatic N) is 2. The van der Waals surface area contributed by atoms with Gasteiger partial charge in [-0.3, -0.25) is 24.5 Å². The number of alkyl halides is 3. The number of H-pyrrole nitrogens is 1. The van der Waals surface area contributed by atoms with Gasteiger partial charge in [-0.15, -0.1) is 0 Å². The molecule has 1 N–H and O–H groups in total. The molecule has 43 heavy (non-hydrogen) atoms. The van der Waals surface area contributed by atoms with E-state index >= 15 is 0 Å². The zero-order valence-electron chi connectivity index (χ0n) is 22.1. The van der Waals surface area contributed by atoms with Crippen molar-refractivity contribution in [3.63, 3.8) is 0 Å². The summed E-state index contributed by atoms with van der Waals surface area (Å²) >= 11 is 1.74. The number of ether oxygens (including phenoxy) is 1. The van der Waals surface area contributed by atoms with Gasteiger partial charge in [-0.2, -0.15) is 13.2 Å². The van der Waals surface area contributed by atoms with E-state index in [0.717, 1.165) is 57.3 Å². The normalized spacial score (nSPS) is 19.7. The standard InChI is InChI=1S/C29H20F3N3O6S2/c1-14-5-7-15(8-6-14)13-41-20-10-9-18(35(39)40)12-19(20)21-22-24(42-25-23(21)43-28(38)33-25)27(37)34(26(22)36)17-4-2-3-16(11-17)29(30,31)32/h2-12,21-22,24H,13H2,1H3,(H,33,38)/t21-,22?,24?/m1/s1. The average molecular weight is 628 g/mol. The Labute approximate surface area is 249 Å². The highest BCUT2D eigenvalue weighted by molar-refractivity contribution is 8.00. The summed E-state index contributed by atoms with van der Waals surface area (Å²) in [5.74, 6) is -3.56. The van der Waals surface area contributed by atoms with Gasteiger partial charge in [0.1, 0.15) is 17.6 Å². The Bertz CT molecular complexity index is 1840. The first kappa shape index (κ1) is 28.7. The van der Waals surface area contributed by atoms with Crippen LogP contribution in [0.4, 0.5) is 24.5 Å². The maximum Gasteiger partial charge on any atom is 0.416 e. The number of carbonyl (C=O) groups is 2. The molecule has 4 aromatic rings. The van der Waals surface area contributed by atoms with E-state index in [4.69, 9.17) is 4.74 Å². The van der Waals surface area contributed by atoms with Crippen molar-refractivity contribution in [3.05, 3.63) is 114 Å². The number of non-ortho nitro benzene ring substituents is 1. The molecule has 9 nitrogen and oxygen atoms in total. The molecule has 0 bridgehead atoms. The summed E-state index contributed by atoms with van der Waals surface area (Å²) in [6.07, 6.45) is -4.71. The van der Waals surface area contributed by atoms with Gasteiger partial charge in [0.2, 0.25) is 11.8 Å². The molecule has 0 aliphatic carbocycles. The van der Waals surface area contributed by atoms with E-state index in [2.05, 4.69) is 4.98 Å². The summed E-state index contributed by atoms with van der Waals surface area (Å²) in [7, 11) is 0. The highest BCUT2D eigenvalue weighted by atomic mass is 32.2. The first-order valence-electron chi connectivity index (χ1n) is 12.8. The lowest BCUT2D eigenvalue weighted by atomic mass is 9.82. The van der Waals surface area contributed by atoms with Gasteiger partial charge in [0, 0.05) is 28.5 Å². The highest BCUT2D eigenvalue weighted by Gasteiger charge is 2.57. The minimum absolute atomic E-state index is 0.0835. The minimum atomic E-state index is -4.71. The lowest BCUT2D eigenvalue weighted by Gasteiger charge is -2.30. The fraction of sp³-hybridized carbons (Fsp3) is 0.207. The molecule has 14 heteroatoms. The van der Waals surface area contributed by atoms with Crippen LogP contribution in [0.1, 0.15) is 33.0 Å². The second kappa shape index (κ2) is 10.7. The van der Waals surface area contributed by atoms with Gasteiger partial charge in [-0.1, -0.05) is 59.0 Å². The van der Waals surface area contributed by atoms with E-state index in [1.807, 2.05) is 31.2 Å². The highest BCUT2D eigenvalue weighted by Crippen LogP contribution is 2.55. The van der Waals surface area contributed by atoms with Crippen LogP contribution in [0, 0.1) is 23.0 Å². The van der Waals surface area contributed by atoms with Gasteiger partial charge in [0.15, 0.2) is 0 Å². The second-order valence-electron chi connectivity index (χ2n) is 10.1. The molecule has 1 aromatic heterocycles. The molecule has 6 rings (SSSR count). The van der Waals surface area contributed by atoms with Crippen LogP contribution in [0.3, 0.4) is 0 Å². The Hall–Kier alpha value is -4.43. The summed E-state index contributed by atoms with van der Waals surface area (Å²) in [5.41, 5.74) is 0.476. The number of thioether (sulfide) groups is 1. The number of hydrogen-bond acceptors (Lipinski definition) is 8. The molecular weight excluding hydrogens is 607 g/mol. The number of nitrogens with one attached hydrogen (secondary N) is 1. The van der Waals surface area contributed by atoms with Crippen molar-refractivity contribution < 1.29 is 32.4 Å². The van der Waals surface area contributed by atoms with Crippen molar-refractivity contribution in [2.24, 2.45) is 5.92 Å². The number of amides is 2. The fourth-order valence-corrected chi connectivity index (χ4v) is 7.80. The lowest BCUT2D eigenvalue weighted by Crippen LogP contribution is -2.32. The molecule has 1 fully saturated rings. The summed E-state index contributed by atoms with van der Waals surface area (Å²) in [5, 5.41) is 11.0. The quantitative estimate of drug-likeness (QED) is 0.157. The third-order valence-corrected chi connectivity index (χ3v) is 9.71.